The lowest BCUT2D eigenvalue weighted by Gasteiger charge is -2.21. The molecule has 0 saturated carbocycles. The molecule has 0 spiro atoms. The Morgan fingerprint density at radius 3 is 2.78 bits per heavy atom. The SMILES string of the molecule is O=C(CSC1=NC2NNCC2C(=O)N1)Nc1ccccc1-c1ccccc1. The number of benzene rings is 2. The number of hydrazine groups is 1. The number of hydrogen-bond acceptors (Lipinski definition) is 6. The number of amides is 2. The maximum absolute atomic E-state index is 12.4. The molecule has 2 atom stereocenters. The Morgan fingerprint density at radius 2 is 1.93 bits per heavy atom. The van der Waals surface area contributed by atoms with Gasteiger partial charge in [0.15, 0.2) is 5.17 Å². The van der Waals surface area contributed by atoms with Gasteiger partial charge in [0.25, 0.3) is 0 Å². The van der Waals surface area contributed by atoms with Crippen molar-refractivity contribution in [2.75, 3.05) is 17.6 Å². The normalized spacial score (nSPS) is 21.2. The summed E-state index contributed by atoms with van der Waals surface area (Å²) < 4.78 is 0. The molecule has 4 N–H and O–H groups in total. The van der Waals surface area contributed by atoms with Gasteiger partial charge in [0.1, 0.15) is 6.17 Å². The zero-order valence-electron chi connectivity index (χ0n) is 14.4. The summed E-state index contributed by atoms with van der Waals surface area (Å²) in [4.78, 5) is 28.9. The van der Waals surface area contributed by atoms with Gasteiger partial charge in [-0.15, -0.1) is 0 Å². The lowest BCUT2D eigenvalue weighted by molar-refractivity contribution is -0.123. The molecule has 0 aromatic heterocycles. The van der Waals surface area contributed by atoms with Gasteiger partial charge in [0.2, 0.25) is 11.8 Å². The van der Waals surface area contributed by atoms with E-state index in [1.165, 1.54) is 11.8 Å². The Kier molecular flexibility index (Phi) is 5.19. The van der Waals surface area contributed by atoms with Gasteiger partial charge in [0.05, 0.1) is 11.7 Å². The van der Waals surface area contributed by atoms with Crippen LogP contribution in [0.15, 0.2) is 59.6 Å². The van der Waals surface area contributed by atoms with Crippen molar-refractivity contribution in [2.24, 2.45) is 10.9 Å². The topological polar surface area (TPSA) is 94.6 Å². The van der Waals surface area contributed by atoms with E-state index in [0.29, 0.717) is 11.7 Å². The van der Waals surface area contributed by atoms with E-state index in [-0.39, 0.29) is 29.7 Å². The summed E-state index contributed by atoms with van der Waals surface area (Å²) in [6.45, 7) is 0.550. The van der Waals surface area contributed by atoms with Gasteiger partial charge in [0, 0.05) is 17.8 Å². The average molecular weight is 381 g/mol. The third-order valence-corrected chi connectivity index (χ3v) is 5.29. The van der Waals surface area contributed by atoms with E-state index in [0.717, 1.165) is 16.8 Å². The first-order valence-corrected chi connectivity index (χ1v) is 9.63. The number of para-hydroxylation sites is 1. The number of amidine groups is 1. The number of carbonyl (C=O) groups excluding carboxylic acids is 2. The molecular weight excluding hydrogens is 362 g/mol. The number of aliphatic imine (C=N–C) groups is 1. The molecule has 2 aliphatic heterocycles. The van der Waals surface area contributed by atoms with E-state index >= 15 is 0 Å². The highest BCUT2D eigenvalue weighted by Crippen LogP contribution is 2.27. The van der Waals surface area contributed by atoms with Crippen molar-refractivity contribution in [3.63, 3.8) is 0 Å². The first kappa shape index (κ1) is 17.7. The van der Waals surface area contributed by atoms with Crippen LogP contribution < -0.4 is 21.5 Å². The van der Waals surface area contributed by atoms with E-state index in [1.807, 2.05) is 54.6 Å². The number of nitrogens with zero attached hydrogens (tertiary/aromatic N) is 1. The van der Waals surface area contributed by atoms with Crippen LogP contribution in [0.3, 0.4) is 0 Å². The monoisotopic (exact) mass is 381 g/mol. The van der Waals surface area contributed by atoms with Crippen molar-refractivity contribution >= 4 is 34.4 Å². The number of thioether (sulfide) groups is 1. The summed E-state index contributed by atoms with van der Waals surface area (Å²) in [5.74, 6) is -0.279. The second-order valence-electron chi connectivity index (χ2n) is 6.25. The summed E-state index contributed by atoms with van der Waals surface area (Å²) in [7, 11) is 0. The maximum atomic E-state index is 12.4. The van der Waals surface area contributed by atoms with Crippen LogP contribution in [0.2, 0.25) is 0 Å². The number of fused-ring (bicyclic) bond motifs is 1. The molecule has 0 aliphatic carbocycles. The highest BCUT2D eigenvalue weighted by molar-refractivity contribution is 8.14. The van der Waals surface area contributed by atoms with Crippen LogP contribution in [0.1, 0.15) is 0 Å². The van der Waals surface area contributed by atoms with Gasteiger partial charge in [-0.05, 0) is 11.6 Å². The predicted molar refractivity (Wildman–Crippen MR) is 107 cm³/mol. The molecule has 27 heavy (non-hydrogen) atoms. The van der Waals surface area contributed by atoms with Gasteiger partial charge < -0.3 is 10.6 Å². The summed E-state index contributed by atoms with van der Waals surface area (Å²) in [5, 5.41) is 6.17. The van der Waals surface area contributed by atoms with Crippen LogP contribution in [0, 0.1) is 5.92 Å². The number of carbonyl (C=O) groups is 2. The highest BCUT2D eigenvalue weighted by Gasteiger charge is 2.36. The summed E-state index contributed by atoms with van der Waals surface area (Å²) in [6, 6.07) is 17.6. The van der Waals surface area contributed by atoms with Crippen molar-refractivity contribution in [1.82, 2.24) is 16.2 Å². The molecule has 0 bridgehead atoms. The van der Waals surface area contributed by atoms with Crippen molar-refractivity contribution in [3.05, 3.63) is 54.6 Å². The highest BCUT2D eigenvalue weighted by atomic mass is 32.2. The Hall–Kier alpha value is -2.68. The van der Waals surface area contributed by atoms with E-state index < -0.39 is 0 Å². The molecule has 2 aromatic carbocycles. The fourth-order valence-electron chi connectivity index (χ4n) is 3.06. The van der Waals surface area contributed by atoms with E-state index in [4.69, 9.17) is 0 Å². The van der Waals surface area contributed by atoms with Crippen LogP contribution in [0.25, 0.3) is 11.1 Å². The average Bonchev–Trinajstić information content (AvgIpc) is 3.17. The Labute approximate surface area is 161 Å². The minimum absolute atomic E-state index is 0.0789. The lowest BCUT2D eigenvalue weighted by atomic mass is 10.0. The number of rotatable bonds is 4. The Balaban J connectivity index is 1.40. The maximum Gasteiger partial charge on any atom is 0.234 e. The summed E-state index contributed by atoms with van der Waals surface area (Å²) in [5.41, 5.74) is 8.64. The van der Waals surface area contributed by atoms with Crippen LogP contribution in [-0.2, 0) is 9.59 Å². The second-order valence-corrected chi connectivity index (χ2v) is 7.21. The molecule has 138 valence electrons. The van der Waals surface area contributed by atoms with Crippen LogP contribution >= 0.6 is 11.8 Å². The number of nitrogens with one attached hydrogen (secondary N) is 4. The molecule has 2 aliphatic rings. The molecule has 2 heterocycles. The molecule has 1 fully saturated rings. The van der Waals surface area contributed by atoms with Gasteiger partial charge >= 0.3 is 0 Å². The molecule has 4 rings (SSSR count). The molecule has 8 heteroatoms. The summed E-state index contributed by atoms with van der Waals surface area (Å²) in [6.07, 6.45) is -0.275. The molecule has 7 nitrogen and oxygen atoms in total. The predicted octanol–water partition coefficient (Wildman–Crippen LogP) is 1.56. The van der Waals surface area contributed by atoms with E-state index in [1.54, 1.807) is 0 Å². The van der Waals surface area contributed by atoms with Gasteiger partial charge in [-0.1, -0.05) is 60.3 Å². The molecule has 2 amide bonds. The van der Waals surface area contributed by atoms with E-state index in [2.05, 4.69) is 26.5 Å². The number of anilines is 1. The van der Waals surface area contributed by atoms with Crippen molar-refractivity contribution in [1.29, 1.82) is 0 Å². The van der Waals surface area contributed by atoms with Crippen molar-refractivity contribution < 1.29 is 9.59 Å². The lowest BCUT2D eigenvalue weighted by Crippen LogP contribution is -2.46. The van der Waals surface area contributed by atoms with E-state index in [9.17, 15) is 9.59 Å². The fourth-order valence-corrected chi connectivity index (χ4v) is 3.76. The molecular formula is C19H19N5O2S. The minimum atomic E-state index is -0.275. The largest absolute Gasteiger partial charge is 0.325 e. The minimum Gasteiger partial charge on any atom is -0.325 e. The van der Waals surface area contributed by atoms with Crippen LogP contribution in [0.5, 0.6) is 0 Å². The van der Waals surface area contributed by atoms with Crippen LogP contribution in [0.4, 0.5) is 5.69 Å². The second kappa shape index (κ2) is 7.91. The Morgan fingerprint density at radius 1 is 1.15 bits per heavy atom. The molecule has 0 radical (unpaired) electrons. The van der Waals surface area contributed by atoms with Crippen molar-refractivity contribution in [3.8, 4) is 11.1 Å². The third kappa shape index (κ3) is 4.02. The Bertz CT molecular complexity index is 887. The molecule has 1 saturated heterocycles. The third-order valence-electron chi connectivity index (χ3n) is 4.40. The van der Waals surface area contributed by atoms with Crippen LogP contribution in [-0.4, -0.2) is 35.4 Å². The number of hydrogen-bond donors (Lipinski definition) is 4. The first-order chi connectivity index (χ1) is 13.2. The standard InChI is InChI=1S/C19H19N5O2S/c25-16(11-27-19-22-17-14(10-20-24-17)18(26)23-19)21-15-9-5-4-8-13(15)12-6-2-1-3-7-12/h1-9,14,17,20,24H,10-11H2,(H,21,25)(H,22,23,26). The first-order valence-electron chi connectivity index (χ1n) is 8.65. The summed E-state index contributed by atoms with van der Waals surface area (Å²) >= 11 is 1.22. The smallest absolute Gasteiger partial charge is 0.234 e. The zero-order valence-corrected chi connectivity index (χ0v) is 15.3. The van der Waals surface area contributed by atoms with Crippen molar-refractivity contribution in [2.45, 2.75) is 6.17 Å². The van der Waals surface area contributed by atoms with Gasteiger partial charge in [-0.3, -0.25) is 15.0 Å². The van der Waals surface area contributed by atoms with Gasteiger partial charge in [-0.2, -0.15) is 0 Å². The quantitative estimate of drug-likeness (QED) is 0.645. The zero-order chi connectivity index (χ0) is 18.6. The molecule has 2 aromatic rings. The van der Waals surface area contributed by atoms with Gasteiger partial charge in [-0.25, -0.2) is 10.4 Å². The fraction of sp³-hybridized carbons (Fsp3) is 0.211. The molecule has 2 unspecified atom stereocenters.